The molecular formula is C14H24BClLiNO3. The second kappa shape index (κ2) is 9.20. The fourth-order valence-corrected chi connectivity index (χ4v) is 2.28. The molecule has 0 saturated carbocycles. The van der Waals surface area contributed by atoms with Crippen molar-refractivity contribution in [2.24, 2.45) is 0 Å². The first kappa shape index (κ1) is 21.0. The topological polar surface area (TPSA) is 40.6 Å². The summed E-state index contributed by atoms with van der Waals surface area (Å²) in [6.45, 7) is 9.40. The van der Waals surface area contributed by atoms with Crippen molar-refractivity contribution < 1.29 is 32.8 Å². The zero-order valence-electron chi connectivity index (χ0n) is 14.1. The molecule has 0 aliphatic heterocycles. The minimum Gasteiger partial charge on any atom is -0.538 e. The third kappa shape index (κ3) is 6.32. The first-order valence-electron chi connectivity index (χ1n) is 7.04. The Morgan fingerprint density at radius 3 is 1.71 bits per heavy atom. The van der Waals surface area contributed by atoms with Crippen LogP contribution in [0.5, 0.6) is 0 Å². The van der Waals surface area contributed by atoms with E-state index >= 15 is 0 Å². The van der Waals surface area contributed by atoms with E-state index in [9.17, 15) is 0 Å². The van der Waals surface area contributed by atoms with E-state index in [-0.39, 0.29) is 37.2 Å². The van der Waals surface area contributed by atoms with Gasteiger partial charge in [0.05, 0.1) is 0 Å². The Balaban J connectivity index is 0.00000400. The quantitative estimate of drug-likeness (QED) is 0.673. The van der Waals surface area contributed by atoms with Gasteiger partial charge in [0.25, 0.3) is 0 Å². The van der Waals surface area contributed by atoms with Crippen LogP contribution in [0.25, 0.3) is 0 Å². The van der Waals surface area contributed by atoms with Gasteiger partial charge in [-0.15, -0.1) is 0 Å². The molecule has 0 aromatic carbocycles. The second-order valence-corrected chi connectivity index (χ2v) is 5.97. The van der Waals surface area contributed by atoms with Crippen LogP contribution in [-0.2, 0) is 14.0 Å². The number of nitrogens with zero attached hydrogens (tertiary/aromatic N) is 1. The van der Waals surface area contributed by atoms with Crippen molar-refractivity contribution in [3.05, 3.63) is 23.4 Å². The van der Waals surface area contributed by atoms with Gasteiger partial charge in [0.1, 0.15) is 0 Å². The minimum atomic E-state index is -2.18. The van der Waals surface area contributed by atoms with Crippen molar-refractivity contribution in [3.8, 4) is 0 Å². The fourth-order valence-electron chi connectivity index (χ4n) is 2.02. The summed E-state index contributed by atoms with van der Waals surface area (Å²) in [5, 5.41) is 0.481. The molecule has 0 saturated heterocycles. The van der Waals surface area contributed by atoms with Gasteiger partial charge in [-0.2, -0.15) is 0 Å². The van der Waals surface area contributed by atoms with Gasteiger partial charge in [0.15, 0.2) is 0 Å². The molecule has 0 aliphatic carbocycles. The summed E-state index contributed by atoms with van der Waals surface area (Å²) < 4.78 is 18.0. The third-order valence-corrected chi connectivity index (χ3v) is 2.80. The van der Waals surface area contributed by atoms with Crippen LogP contribution in [0, 0.1) is 0 Å². The molecule has 114 valence electrons. The van der Waals surface area contributed by atoms with E-state index in [1.54, 1.807) is 18.3 Å². The smallest absolute Gasteiger partial charge is 0.538 e. The van der Waals surface area contributed by atoms with Crippen molar-refractivity contribution in [1.29, 1.82) is 0 Å². The van der Waals surface area contributed by atoms with E-state index in [0.717, 1.165) is 0 Å². The van der Waals surface area contributed by atoms with Gasteiger partial charge in [-0.3, -0.25) is 4.98 Å². The molecule has 4 nitrogen and oxygen atoms in total. The van der Waals surface area contributed by atoms with Crippen LogP contribution in [0.1, 0.15) is 41.5 Å². The van der Waals surface area contributed by atoms with Crippen LogP contribution in [0.4, 0.5) is 0 Å². The zero-order valence-corrected chi connectivity index (χ0v) is 14.8. The average molecular weight is 308 g/mol. The van der Waals surface area contributed by atoms with E-state index in [4.69, 9.17) is 25.6 Å². The zero-order chi connectivity index (χ0) is 15.3. The molecule has 0 unspecified atom stereocenters. The van der Waals surface area contributed by atoms with Crippen molar-refractivity contribution in [3.63, 3.8) is 0 Å². The van der Waals surface area contributed by atoms with Gasteiger partial charge < -0.3 is 14.0 Å². The minimum absolute atomic E-state index is 0. The monoisotopic (exact) mass is 307 g/mol. The largest absolute Gasteiger partial charge is 1.00 e. The van der Waals surface area contributed by atoms with Crippen LogP contribution in [0.3, 0.4) is 0 Å². The Bertz CT molecular complexity index is 406. The molecule has 1 aromatic rings. The Hall–Kier alpha value is -0.0177. The molecule has 0 aliphatic rings. The van der Waals surface area contributed by atoms with E-state index in [1.165, 1.54) is 0 Å². The van der Waals surface area contributed by atoms with Gasteiger partial charge >= 0.3 is 25.6 Å². The van der Waals surface area contributed by atoms with E-state index in [2.05, 4.69) is 4.98 Å². The summed E-state index contributed by atoms with van der Waals surface area (Å²) in [7, 11) is 0. The summed E-state index contributed by atoms with van der Waals surface area (Å²) in [6.07, 6.45) is 1.43. The number of pyridine rings is 1. The van der Waals surface area contributed by atoms with Gasteiger partial charge in [-0.25, -0.2) is 0 Å². The van der Waals surface area contributed by atoms with Crippen molar-refractivity contribution >= 4 is 23.9 Å². The van der Waals surface area contributed by atoms with Crippen LogP contribution in [0.2, 0.25) is 5.02 Å². The van der Waals surface area contributed by atoms with Gasteiger partial charge in [-0.05, 0) is 59.3 Å². The van der Waals surface area contributed by atoms with E-state index in [0.29, 0.717) is 10.6 Å². The molecule has 21 heavy (non-hydrogen) atoms. The van der Waals surface area contributed by atoms with Crippen LogP contribution in [0.15, 0.2) is 18.3 Å². The maximum Gasteiger partial charge on any atom is 1.00 e. The van der Waals surface area contributed by atoms with Crippen LogP contribution < -0.4 is 24.5 Å². The molecule has 7 heteroatoms. The Kier molecular flexibility index (Phi) is 9.19. The summed E-state index contributed by atoms with van der Waals surface area (Å²) in [5.74, 6) is 0. The number of hydrogen-bond acceptors (Lipinski definition) is 4. The molecule has 1 rings (SSSR count). The number of hydrogen-bond donors (Lipinski definition) is 0. The predicted molar refractivity (Wildman–Crippen MR) is 83.3 cm³/mol. The van der Waals surface area contributed by atoms with Gasteiger partial charge in [-0.1, -0.05) is 11.6 Å². The molecular weight excluding hydrogens is 283 g/mol. The Morgan fingerprint density at radius 2 is 1.38 bits per heavy atom. The van der Waals surface area contributed by atoms with Gasteiger partial charge in [0.2, 0.25) is 0 Å². The standard InChI is InChI=1S/C14H24BClNO3.Li/c1-10(2)18-15(19-11(3)4,20-12(5)6)14-13(16)8-7-9-17-14;/h7-12H,1-6H3;/q-1;+1. The third-order valence-electron chi connectivity index (χ3n) is 2.48. The molecule has 0 spiro atoms. The van der Waals surface area contributed by atoms with Crippen LogP contribution >= 0.6 is 11.6 Å². The summed E-state index contributed by atoms with van der Waals surface area (Å²) in [4.78, 5) is 4.33. The first-order valence-corrected chi connectivity index (χ1v) is 7.42. The summed E-state index contributed by atoms with van der Waals surface area (Å²) >= 11 is 6.27. The molecule has 1 aromatic heterocycles. The summed E-state index contributed by atoms with van der Waals surface area (Å²) in [5.41, 5.74) is 0.505. The van der Waals surface area contributed by atoms with E-state index < -0.39 is 6.75 Å². The average Bonchev–Trinajstić information content (AvgIpc) is 2.26. The molecule has 0 bridgehead atoms. The van der Waals surface area contributed by atoms with E-state index in [1.807, 2.05) is 41.5 Å². The second-order valence-electron chi connectivity index (χ2n) is 5.57. The van der Waals surface area contributed by atoms with Gasteiger partial charge in [0, 0.05) is 29.5 Å². The normalized spacial score (nSPS) is 12.1. The summed E-state index contributed by atoms with van der Waals surface area (Å²) in [6, 6.07) is 3.53. The maximum atomic E-state index is 6.27. The first-order chi connectivity index (χ1) is 9.27. The molecule has 0 radical (unpaired) electrons. The number of aromatic nitrogens is 1. The Labute approximate surface area is 145 Å². The molecule has 0 fully saturated rings. The maximum absolute atomic E-state index is 6.27. The molecule has 0 atom stereocenters. The van der Waals surface area contributed by atoms with Crippen molar-refractivity contribution in [2.45, 2.75) is 59.9 Å². The Morgan fingerprint density at radius 1 is 0.952 bits per heavy atom. The number of rotatable bonds is 7. The molecule has 1 heterocycles. The number of halogens is 1. The molecule has 0 N–H and O–H groups in total. The van der Waals surface area contributed by atoms with Crippen LogP contribution in [-0.4, -0.2) is 30.1 Å². The predicted octanol–water partition coefficient (Wildman–Crippen LogP) is 0.160. The molecule has 0 amide bonds. The van der Waals surface area contributed by atoms with Crippen molar-refractivity contribution in [2.75, 3.05) is 0 Å². The SMILES string of the molecule is CC(C)O[B-](OC(C)C)(OC(C)C)c1ncccc1Cl.[Li+]. The fraction of sp³-hybridized carbons (Fsp3) is 0.643. The van der Waals surface area contributed by atoms with Crippen molar-refractivity contribution in [1.82, 2.24) is 4.98 Å².